The van der Waals surface area contributed by atoms with Crippen LogP contribution in [-0.4, -0.2) is 9.97 Å². The number of anilines is 1. The molecule has 94 valence electrons. The number of hydrogen-bond acceptors (Lipinski definition) is 5. The van der Waals surface area contributed by atoms with Crippen LogP contribution in [-0.2, 0) is 0 Å². The maximum atomic E-state index is 13.1. The van der Waals surface area contributed by atoms with Gasteiger partial charge in [0.15, 0.2) is 0 Å². The maximum Gasteiger partial charge on any atom is 0.227 e. The third-order valence-electron chi connectivity index (χ3n) is 2.28. The topological polar surface area (TPSA) is 73.1 Å². The number of nitrogens with two attached hydrogens (primary N) is 1. The molecule has 0 spiro atoms. The molecule has 0 unspecified atom stereocenters. The number of hydrogen-bond donors (Lipinski definition) is 2. The Labute approximate surface area is 111 Å². The van der Waals surface area contributed by atoms with Crippen LogP contribution in [0.1, 0.15) is 5.56 Å². The average Bonchev–Trinajstić information content (AvgIpc) is 2.36. The summed E-state index contributed by atoms with van der Waals surface area (Å²) in [6.45, 7) is 1.77. The molecule has 0 aliphatic heterocycles. The molecule has 1 aromatic carbocycles. The Morgan fingerprint density at radius 1 is 1.39 bits per heavy atom. The Balaban J connectivity index is 2.31. The number of benzene rings is 1. The van der Waals surface area contributed by atoms with E-state index < -0.39 is 0 Å². The molecule has 1 heterocycles. The molecule has 7 heteroatoms. The Hall–Kier alpha value is -1.73. The molecule has 0 aliphatic rings. The van der Waals surface area contributed by atoms with E-state index in [9.17, 15) is 4.39 Å². The van der Waals surface area contributed by atoms with Gasteiger partial charge in [0, 0.05) is 0 Å². The SMILES string of the molecule is Cc1c(NN)ncnc1Oc1ccc(F)c(Br)c1. The predicted octanol–water partition coefficient (Wildman–Crippen LogP) is 2.76. The second kappa shape index (κ2) is 5.28. The zero-order valence-corrected chi connectivity index (χ0v) is 11.0. The van der Waals surface area contributed by atoms with Crippen LogP contribution in [0, 0.1) is 12.7 Å². The number of rotatable bonds is 3. The Morgan fingerprint density at radius 3 is 2.83 bits per heavy atom. The third-order valence-corrected chi connectivity index (χ3v) is 2.89. The standard InChI is InChI=1S/C11H10BrFN4O/c1-6-10(17-14)15-5-16-11(6)18-7-2-3-9(13)8(12)4-7/h2-5H,14H2,1H3,(H,15,16,17). The highest BCUT2D eigenvalue weighted by atomic mass is 79.9. The van der Waals surface area contributed by atoms with Crippen molar-refractivity contribution in [2.75, 3.05) is 5.43 Å². The normalized spacial score (nSPS) is 10.2. The van der Waals surface area contributed by atoms with Crippen molar-refractivity contribution < 1.29 is 9.13 Å². The van der Waals surface area contributed by atoms with Crippen LogP contribution in [0.15, 0.2) is 29.0 Å². The minimum Gasteiger partial charge on any atom is -0.439 e. The number of hydrazine groups is 1. The molecule has 2 aromatic rings. The molecule has 3 N–H and O–H groups in total. The first-order chi connectivity index (χ1) is 8.61. The van der Waals surface area contributed by atoms with E-state index in [1.54, 1.807) is 6.92 Å². The zero-order valence-electron chi connectivity index (χ0n) is 9.45. The summed E-state index contributed by atoms with van der Waals surface area (Å²) >= 11 is 3.09. The zero-order chi connectivity index (χ0) is 13.1. The van der Waals surface area contributed by atoms with Crippen molar-refractivity contribution in [2.45, 2.75) is 6.92 Å². The second-order valence-electron chi connectivity index (χ2n) is 3.47. The van der Waals surface area contributed by atoms with Crippen LogP contribution >= 0.6 is 15.9 Å². The molecule has 0 saturated carbocycles. The maximum absolute atomic E-state index is 13.1. The molecule has 2 rings (SSSR count). The lowest BCUT2D eigenvalue weighted by Gasteiger charge is -2.10. The van der Waals surface area contributed by atoms with Crippen molar-refractivity contribution in [1.82, 2.24) is 9.97 Å². The number of halogens is 2. The van der Waals surface area contributed by atoms with Gasteiger partial charge in [-0.1, -0.05) is 0 Å². The van der Waals surface area contributed by atoms with Gasteiger partial charge in [-0.3, -0.25) is 0 Å². The number of nitrogen functional groups attached to an aromatic ring is 1. The number of nitrogens with one attached hydrogen (secondary N) is 1. The largest absolute Gasteiger partial charge is 0.439 e. The minimum atomic E-state index is -0.355. The lowest BCUT2D eigenvalue weighted by molar-refractivity contribution is 0.455. The molecule has 0 bridgehead atoms. The van der Waals surface area contributed by atoms with Crippen LogP contribution in [0.3, 0.4) is 0 Å². The smallest absolute Gasteiger partial charge is 0.227 e. The highest BCUT2D eigenvalue weighted by Gasteiger charge is 2.09. The minimum absolute atomic E-state index is 0.323. The summed E-state index contributed by atoms with van der Waals surface area (Å²) in [4.78, 5) is 7.93. The lowest BCUT2D eigenvalue weighted by atomic mass is 10.3. The van der Waals surface area contributed by atoms with Crippen LogP contribution in [0.2, 0.25) is 0 Å². The molecule has 0 aliphatic carbocycles. The molecule has 0 amide bonds. The van der Waals surface area contributed by atoms with Gasteiger partial charge in [-0.2, -0.15) is 0 Å². The molecule has 1 aromatic heterocycles. The van der Waals surface area contributed by atoms with E-state index in [0.29, 0.717) is 27.5 Å². The fraction of sp³-hybridized carbons (Fsp3) is 0.0909. The van der Waals surface area contributed by atoms with Crippen LogP contribution in [0.4, 0.5) is 10.2 Å². The molecule has 0 atom stereocenters. The first-order valence-corrected chi connectivity index (χ1v) is 5.82. The van der Waals surface area contributed by atoms with Crippen molar-refractivity contribution >= 4 is 21.7 Å². The van der Waals surface area contributed by atoms with Crippen LogP contribution < -0.4 is 16.0 Å². The fourth-order valence-electron chi connectivity index (χ4n) is 1.33. The molecular weight excluding hydrogens is 303 g/mol. The van der Waals surface area contributed by atoms with Gasteiger partial charge in [-0.05, 0) is 41.1 Å². The monoisotopic (exact) mass is 312 g/mol. The first-order valence-electron chi connectivity index (χ1n) is 5.03. The van der Waals surface area contributed by atoms with Crippen molar-refractivity contribution in [2.24, 2.45) is 5.84 Å². The van der Waals surface area contributed by atoms with E-state index in [0.717, 1.165) is 0 Å². The summed E-state index contributed by atoms with van der Waals surface area (Å²) in [7, 11) is 0. The second-order valence-corrected chi connectivity index (χ2v) is 4.33. The van der Waals surface area contributed by atoms with E-state index in [-0.39, 0.29) is 5.82 Å². The molecular formula is C11H10BrFN4O. The van der Waals surface area contributed by atoms with E-state index >= 15 is 0 Å². The van der Waals surface area contributed by atoms with Crippen LogP contribution in [0.25, 0.3) is 0 Å². The Morgan fingerprint density at radius 2 is 2.17 bits per heavy atom. The van der Waals surface area contributed by atoms with Gasteiger partial charge in [-0.15, -0.1) is 0 Å². The number of nitrogens with zero attached hydrogens (tertiary/aromatic N) is 2. The number of aromatic nitrogens is 2. The summed E-state index contributed by atoms with van der Waals surface area (Å²) < 4.78 is 18.9. The summed E-state index contributed by atoms with van der Waals surface area (Å²) in [6, 6.07) is 4.33. The van der Waals surface area contributed by atoms with E-state index in [2.05, 4.69) is 31.3 Å². The fourth-order valence-corrected chi connectivity index (χ4v) is 1.69. The summed E-state index contributed by atoms with van der Waals surface area (Å²) in [5.74, 6) is 6.25. The quantitative estimate of drug-likeness (QED) is 0.673. The van der Waals surface area contributed by atoms with Crippen molar-refractivity contribution in [3.8, 4) is 11.6 Å². The third kappa shape index (κ3) is 2.57. The molecule has 5 nitrogen and oxygen atoms in total. The van der Waals surface area contributed by atoms with Gasteiger partial charge in [0.05, 0.1) is 10.0 Å². The van der Waals surface area contributed by atoms with E-state index in [1.165, 1.54) is 24.5 Å². The number of ether oxygens (including phenoxy) is 1. The highest BCUT2D eigenvalue weighted by molar-refractivity contribution is 9.10. The van der Waals surface area contributed by atoms with Gasteiger partial charge in [-0.25, -0.2) is 20.2 Å². The average molecular weight is 313 g/mol. The Kier molecular flexibility index (Phi) is 3.73. The summed E-state index contributed by atoms with van der Waals surface area (Å²) in [6.07, 6.45) is 1.33. The van der Waals surface area contributed by atoms with Crippen molar-refractivity contribution in [3.05, 3.63) is 40.4 Å². The van der Waals surface area contributed by atoms with Gasteiger partial charge in [0.2, 0.25) is 5.88 Å². The van der Waals surface area contributed by atoms with Gasteiger partial charge >= 0.3 is 0 Å². The summed E-state index contributed by atoms with van der Waals surface area (Å²) in [5.41, 5.74) is 3.11. The van der Waals surface area contributed by atoms with E-state index in [1.807, 2.05) is 0 Å². The van der Waals surface area contributed by atoms with Gasteiger partial charge in [0.25, 0.3) is 0 Å². The predicted molar refractivity (Wildman–Crippen MR) is 68.8 cm³/mol. The highest BCUT2D eigenvalue weighted by Crippen LogP contribution is 2.28. The van der Waals surface area contributed by atoms with Crippen molar-refractivity contribution in [1.29, 1.82) is 0 Å². The first kappa shape index (κ1) is 12.7. The van der Waals surface area contributed by atoms with Gasteiger partial charge < -0.3 is 10.2 Å². The summed E-state index contributed by atoms with van der Waals surface area (Å²) in [5, 5.41) is 0. The van der Waals surface area contributed by atoms with Gasteiger partial charge in [0.1, 0.15) is 23.7 Å². The van der Waals surface area contributed by atoms with E-state index in [4.69, 9.17) is 10.6 Å². The molecule has 0 radical (unpaired) electrons. The van der Waals surface area contributed by atoms with Crippen LogP contribution in [0.5, 0.6) is 11.6 Å². The lowest BCUT2D eigenvalue weighted by Crippen LogP contribution is -2.11. The molecule has 0 fully saturated rings. The molecule has 18 heavy (non-hydrogen) atoms. The van der Waals surface area contributed by atoms with Crippen molar-refractivity contribution in [3.63, 3.8) is 0 Å². The molecule has 0 saturated heterocycles. The Bertz CT molecular complexity index is 579.